The van der Waals surface area contributed by atoms with E-state index in [1.165, 1.54) is 50.5 Å². The number of allylic oxidation sites excluding steroid dienone is 1. The molecule has 4 saturated carbocycles. The molecule has 0 unspecified atom stereocenters. The van der Waals surface area contributed by atoms with Gasteiger partial charge >= 0.3 is 0 Å². The van der Waals surface area contributed by atoms with Crippen molar-refractivity contribution >= 4 is 0 Å². The number of hydrogen-bond acceptors (Lipinski definition) is 1. The van der Waals surface area contributed by atoms with Crippen molar-refractivity contribution in [3.63, 3.8) is 0 Å². The van der Waals surface area contributed by atoms with Gasteiger partial charge in [0.15, 0.2) is 0 Å². The summed E-state index contributed by atoms with van der Waals surface area (Å²) >= 11 is 0. The topological polar surface area (TPSA) is 20.2 Å². The van der Waals surface area contributed by atoms with Gasteiger partial charge in [-0.2, -0.15) is 0 Å². The van der Waals surface area contributed by atoms with Crippen LogP contribution in [0.25, 0.3) is 0 Å². The SMILES string of the molecule is C=C1C[C@@]23CC[C@@H]4C(C)(C)CCC[C@@]4(C)[C@]2(O)CC[C@@H]1C3. The first-order chi connectivity index (χ1) is 9.74. The molecule has 2 bridgehead atoms. The first-order valence-electron chi connectivity index (χ1n) is 9.14. The van der Waals surface area contributed by atoms with Crippen LogP contribution in [0.2, 0.25) is 0 Å². The van der Waals surface area contributed by atoms with E-state index in [4.69, 9.17) is 0 Å². The average Bonchev–Trinajstić information content (AvgIpc) is 2.66. The van der Waals surface area contributed by atoms with Crippen LogP contribution in [0.5, 0.6) is 0 Å². The average molecular weight is 288 g/mol. The molecule has 4 rings (SSSR count). The zero-order chi connectivity index (χ0) is 15.1. The third kappa shape index (κ3) is 1.52. The van der Waals surface area contributed by atoms with Gasteiger partial charge in [0.25, 0.3) is 0 Å². The molecule has 0 aromatic carbocycles. The fraction of sp³-hybridized carbons (Fsp3) is 0.900. The molecule has 0 amide bonds. The van der Waals surface area contributed by atoms with Crippen LogP contribution in [0.1, 0.15) is 78.6 Å². The van der Waals surface area contributed by atoms with Crippen LogP contribution < -0.4 is 0 Å². The minimum atomic E-state index is -0.434. The highest BCUT2D eigenvalue weighted by Crippen LogP contribution is 2.73. The van der Waals surface area contributed by atoms with Crippen LogP contribution in [0.3, 0.4) is 0 Å². The summed E-state index contributed by atoms with van der Waals surface area (Å²) in [7, 11) is 0. The van der Waals surface area contributed by atoms with Crippen molar-refractivity contribution in [3.05, 3.63) is 12.2 Å². The Labute approximate surface area is 130 Å². The molecule has 4 fully saturated rings. The van der Waals surface area contributed by atoms with E-state index in [1.54, 1.807) is 0 Å². The maximum Gasteiger partial charge on any atom is 0.0763 e. The molecule has 0 aromatic heterocycles. The van der Waals surface area contributed by atoms with E-state index in [-0.39, 0.29) is 10.8 Å². The Morgan fingerprint density at radius 2 is 1.81 bits per heavy atom. The third-order valence-corrected chi connectivity index (χ3v) is 8.60. The lowest BCUT2D eigenvalue weighted by atomic mass is 9.39. The van der Waals surface area contributed by atoms with E-state index in [2.05, 4.69) is 27.4 Å². The summed E-state index contributed by atoms with van der Waals surface area (Å²) in [4.78, 5) is 0. The van der Waals surface area contributed by atoms with Crippen LogP contribution in [-0.2, 0) is 0 Å². The highest BCUT2D eigenvalue weighted by atomic mass is 16.3. The van der Waals surface area contributed by atoms with E-state index in [0.717, 1.165) is 12.8 Å². The molecule has 0 radical (unpaired) electrons. The maximum atomic E-state index is 12.0. The number of rotatable bonds is 0. The standard InChI is InChI=1S/C20H32O/c1-14-12-19-10-7-16-17(2,3)8-5-9-18(16,4)20(19,21)11-6-15(14)13-19/h15-16,21H,1,5-13H2,2-4H3/t15-,16-,18-,19-,20-/m1/s1. The highest BCUT2D eigenvalue weighted by Gasteiger charge is 2.70. The molecule has 1 spiro atoms. The Kier molecular flexibility index (Phi) is 2.70. The molecule has 1 heteroatoms. The van der Waals surface area contributed by atoms with E-state index < -0.39 is 5.60 Å². The highest BCUT2D eigenvalue weighted by molar-refractivity contribution is 5.27. The fourth-order valence-corrected chi connectivity index (χ4v) is 7.57. The van der Waals surface area contributed by atoms with Crippen molar-refractivity contribution < 1.29 is 5.11 Å². The monoisotopic (exact) mass is 288 g/mol. The quantitative estimate of drug-likeness (QED) is 0.616. The van der Waals surface area contributed by atoms with Gasteiger partial charge < -0.3 is 5.11 Å². The van der Waals surface area contributed by atoms with Crippen molar-refractivity contribution in [2.45, 2.75) is 84.2 Å². The summed E-state index contributed by atoms with van der Waals surface area (Å²) in [6.45, 7) is 11.7. The normalized spacial score (nSPS) is 55.0. The van der Waals surface area contributed by atoms with Gasteiger partial charge in [-0.1, -0.05) is 39.3 Å². The second-order valence-electron chi connectivity index (χ2n) is 9.77. The molecule has 5 atom stereocenters. The molecule has 0 heterocycles. The van der Waals surface area contributed by atoms with E-state index in [9.17, 15) is 5.11 Å². The first kappa shape index (κ1) is 14.3. The molecule has 1 N–H and O–H groups in total. The van der Waals surface area contributed by atoms with Crippen LogP contribution >= 0.6 is 0 Å². The van der Waals surface area contributed by atoms with Gasteiger partial charge in [-0.15, -0.1) is 0 Å². The van der Waals surface area contributed by atoms with Gasteiger partial charge in [-0.3, -0.25) is 0 Å². The lowest BCUT2D eigenvalue weighted by Gasteiger charge is -2.68. The van der Waals surface area contributed by atoms with Crippen molar-refractivity contribution in [2.24, 2.45) is 28.1 Å². The fourth-order valence-electron chi connectivity index (χ4n) is 7.57. The summed E-state index contributed by atoms with van der Waals surface area (Å²) < 4.78 is 0. The second-order valence-corrected chi connectivity index (χ2v) is 9.77. The van der Waals surface area contributed by atoms with Crippen molar-refractivity contribution in [1.82, 2.24) is 0 Å². The molecular formula is C20H32O. The lowest BCUT2D eigenvalue weighted by Crippen LogP contribution is -2.67. The molecule has 0 aliphatic heterocycles. The molecule has 4 aliphatic rings. The van der Waals surface area contributed by atoms with Crippen molar-refractivity contribution in [1.29, 1.82) is 0 Å². The minimum Gasteiger partial charge on any atom is -0.389 e. The van der Waals surface area contributed by atoms with Gasteiger partial charge in [0.05, 0.1) is 5.60 Å². The number of aliphatic hydroxyl groups is 1. The molecular weight excluding hydrogens is 256 g/mol. The van der Waals surface area contributed by atoms with Crippen LogP contribution in [0.15, 0.2) is 12.2 Å². The van der Waals surface area contributed by atoms with Gasteiger partial charge in [0, 0.05) is 10.8 Å². The second kappa shape index (κ2) is 3.96. The predicted octanol–water partition coefficient (Wildman–Crippen LogP) is 5.09. The summed E-state index contributed by atoms with van der Waals surface area (Å²) in [6.07, 6.45) is 11.0. The molecule has 21 heavy (non-hydrogen) atoms. The summed E-state index contributed by atoms with van der Waals surface area (Å²) in [5.41, 5.74) is 1.71. The van der Waals surface area contributed by atoms with E-state index >= 15 is 0 Å². The van der Waals surface area contributed by atoms with Crippen molar-refractivity contribution in [2.75, 3.05) is 0 Å². The molecule has 1 nitrogen and oxygen atoms in total. The van der Waals surface area contributed by atoms with Gasteiger partial charge in [0.2, 0.25) is 0 Å². The van der Waals surface area contributed by atoms with E-state index in [1.807, 2.05) is 0 Å². The Morgan fingerprint density at radius 3 is 2.57 bits per heavy atom. The molecule has 4 aliphatic carbocycles. The molecule has 118 valence electrons. The summed E-state index contributed by atoms with van der Waals surface area (Å²) in [6, 6.07) is 0. The van der Waals surface area contributed by atoms with Gasteiger partial charge in [0.1, 0.15) is 0 Å². The zero-order valence-electron chi connectivity index (χ0n) is 14.2. The van der Waals surface area contributed by atoms with Crippen molar-refractivity contribution in [3.8, 4) is 0 Å². The van der Waals surface area contributed by atoms with Crippen LogP contribution in [0, 0.1) is 28.1 Å². The lowest BCUT2D eigenvalue weighted by molar-refractivity contribution is -0.260. The summed E-state index contributed by atoms with van der Waals surface area (Å²) in [5.74, 6) is 1.40. The van der Waals surface area contributed by atoms with Gasteiger partial charge in [-0.25, -0.2) is 0 Å². The third-order valence-electron chi connectivity index (χ3n) is 8.60. The summed E-state index contributed by atoms with van der Waals surface area (Å²) in [5, 5.41) is 12.0. The van der Waals surface area contributed by atoms with Gasteiger partial charge in [-0.05, 0) is 68.6 Å². The van der Waals surface area contributed by atoms with E-state index in [0.29, 0.717) is 17.3 Å². The minimum absolute atomic E-state index is 0.128. The molecule has 0 saturated heterocycles. The number of fused-ring (bicyclic) bond motifs is 3. The first-order valence-corrected chi connectivity index (χ1v) is 9.14. The predicted molar refractivity (Wildman–Crippen MR) is 86.9 cm³/mol. The zero-order valence-corrected chi connectivity index (χ0v) is 14.2. The van der Waals surface area contributed by atoms with Crippen LogP contribution in [0.4, 0.5) is 0 Å². The Bertz CT molecular complexity index is 492. The largest absolute Gasteiger partial charge is 0.389 e. The molecule has 0 aromatic rings. The Morgan fingerprint density at radius 1 is 1.05 bits per heavy atom. The van der Waals surface area contributed by atoms with Crippen LogP contribution in [-0.4, -0.2) is 10.7 Å². The Balaban J connectivity index is 1.82. The number of hydrogen-bond donors (Lipinski definition) is 1. The maximum absolute atomic E-state index is 12.0. The Hall–Kier alpha value is -0.300. The smallest absolute Gasteiger partial charge is 0.0763 e.